The van der Waals surface area contributed by atoms with Crippen LogP contribution in [0, 0.1) is 0 Å². The highest BCUT2D eigenvalue weighted by atomic mass is 16.7. The third-order valence-electron chi connectivity index (χ3n) is 4.45. The monoisotopic (exact) mass is 314 g/mol. The molecule has 2 aromatic carbocycles. The largest absolute Gasteiger partial charge is 0.508 e. The lowest BCUT2D eigenvalue weighted by atomic mass is 9.80. The Balaban J connectivity index is 2.07. The Morgan fingerprint density at radius 2 is 1.87 bits per heavy atom. The molecule has 1 heterocycles. The van der Waals surface area contributed by atoms with Crippen LogP contribution in [0.1, 0.15) is 29.9 Å². The molecule has 0 bridgehead atoms. The topological polar surface area (TPSA) is 68.2 Å². The fourth-order valence-electron chi connectivity index (χ4n) is 3.60. The Kier molecular flexibility index (Phi) is 3.13. The number of benzene rings is 2. The van der Waals surface area contributed by atoms with E-state index in [9.17, 15) is 10.2 Å². The zero-order valence-corrected chi connectivity index (χ0v) is 13.0. The van der Waals surface area contributed by atoms with Gasteiger partial charge in [-0.25, -0.2) is 0 Å². The van der Waals surface area contributed by atoms with E-state index in [1.807, 2.05) is 6.92 Å². The van der Waals surface area contributed by atoms with Crippen LogP contribution < -0.4 is 9.47 Å². The average molecular weight is 314 g/mol. The smallest absolute Gasteiger partial charge is 0.231 e. The minimum Gasteiger partial charge on any atom is -0.508 e. The van der Waals surface area contributed by atoms with Crippen molar-refractivity contribution in [2.45, 2.75) is 26.1 Å². The lowest BCUT2D eigenvalue weighted by Gasteiger charge is -2.34. The third-order valence-corrected chi connectivity index (χ3v) is 4.45. The summed E-state index contributed by atoms with van der Waals surface area (Å²) < 4.78 is 17.1. The predicted molar refractivity (Wildman–Crippen MR) is 84.2 cm³/mol. The quantitative estimate of drug-likeness (QED) is 0.910. The summed E-state index contributed by atoms with van der Waals surface area (Å²) in [4.78, 5) is 0. The molecule has 1 aliphatic heterocycles. The third kappa shape index (κ3) is 1.96. The van der Waals surface area contributed by atoms with E-state index in [0.29, 0.717) is 18.1 Å². The summed E-state index contributed by atoms with van der Waals surface area (Å²) in [7, 11) is 1.52. The van der Waals surface area contributed by atoms with Gasteiger partial charge in [-0.1, -0.05) is 0 Å². The summed E-state index contributed by atoms with van der Waals surface area (Å²) in [6, 6.07) is 5.14. The van der Waals surface area contributed by atoms with Crippen LogP contribution >= 0.6 is 0 Å². The predicted octanol–water partition coefficient (Wildman–Crippen LogP) is 3.30. The summed E-state index contributed by atoms with van der Waals surface area (Å²) in [5.74, 6) is 1.28. The highest BCUT2D eigenvalue weighted by molar-refractivity contribution is 5.86. The van der Waals surface area contributed by atoms with E-state index in [-0.39, 0.29) is 11.5 Å². The van der Waals surface area contributed by atoms with Crippen molar-refractivity contribution >= 4 is 0 Å². The van der Waals surface area contributed by atoms with Crippen molar-refractivity contribution in [1.82, 2.24) is 0 Å². The number of hydrogen-bond donors (Lipinski definition) is 2. The Hall–Kier alpha value is -2.40. The van der Waals surface area contributed by atoms with Gasteiger partial charge in [0.05, 0.1) is 12.7 Å². The fraction of sp³-hybridized carbons (Fsp3) is 0.333. The van der Waals surface area contributed by atoms with E-state index in [2.05, 4.69) is 0 Å². The molecule has 4 rings (SSSR count). The second-order valence-corrected chi connectivity index (χ2v) is 5.76. The minimum absolute atomic E-state index is 0.0974. The van der Waals surface area contributed by atoms with Crippen LogP contribution in [0.2, 0.25) is 0 Å². The summed E-state index contributed by atoms with van der Waals surface area (Å²) in [5.41, 5.74) is 4.78. The number of hydrogen-bond acceptors (Lipinski definition) is 5. The molecule has 2 N–H and O–H groups in total. The molecule has 5 nitrogen and oxygen atoms in total. The number of methoxy groups -OCH3 is 1. The van der Waals surface area contributed by atoms with Gasteiger partial charge in [0.15, 0.2) is 11.5 Å². The van der Waals surface area contributed by atoms with Crippen molar-refractivity contribution in [3.05, 3.63) is 34.9 Å². The van der Waals surface area contributed by atoms with Crippen LogP contribution in [0.4, 0.5) is 0 Å². The standard InChI is InChI=1S/C18H18O5/c1-3-22-18-16-15-10(7-12(20)17(16)21-2)5-4-9-6-11(19)8-13(23-18)14(9)15/h6-8,18-20H,3-5H2,1-2H3. The van der Waals surface area contributed by atoms with Gasteiger partial charge in [-0.2, -0.15) is 0 Å². The zero-order valence-electron chi connectivity index (χ0n) is 13.0. The van der Waals surface area contributed by atoms with Gasteiger partial charge < -0.3 is 24.4 Å². The molecular formula is C18H18O5. The summed E-state index contributed by atoms with van der Waals surface area (Å²) in [5, 5.41) is 20.2. The summed E-state index contributed by atoms with van der Waals surface area (Å²) in [6.07, 6.45) is 0.905. The molecule has 2 aromatic rings. The Labute approximate surface area is 134 Å². The molecule has 0 spiro atoms. The molecule has 1 atom stereocenters. The molecule has 1 unspecified atom stereocenters. The van der Waals surface area contributed by atoms with Crippen molar-refractivity contribution < 1.29 is 24.4 Å². The highest BCUT2D eigenvalue weighted by Gasteiger charge is 2.37. The molecule has 5 heteroatoms. The first-order valence-electron chi connectivity index (χ1n) is 7.71. The van der Waals surface area contributed by atoms with Crippen molar-refractivity contribution in [1.29, 1.82) is 0 Å². The molecule has 0 aromatic heterocycles. The second kappa shape index (κ2) is 5.06. The van der Waals surface area contributed by atoms with Crippen LogP contribution in [0.5, 0.6) is 23.0 Å². The molecule has 1 aliphatic carbocycles. The van der Waals surface area contributed by atoms with E-state index in [0.717, 1.165) is 40.7 Å². The van der Waals surface area contributed by atoms with E-state index in [1.54, 1.807) is 18.2 Å². The van der Waals surface area contributed by atoms with Crippen LogP contribution in [-0.2, 0) is 17.6 Å². The Morgan fingerprint density at radius 3 is 2.57 bits per heavy atom. The summed E-state index contributed by atoms with van der Waals surface area (Å²) >= 11 is 0. The van der Waals surface area contributed by atoms with Gasteiger partial charge in [-0.15, -0.1) is 0 Å². The number of aryl methyl sites for hydroxylation is 2. The van der Waals surface area contributed by atoms with Gasteiger partial charge in [-0.05, 0) is 43.0 Å². The van der Waals surface area contributed by atoms with Gasteiger partial charge >= 0.3 is 0 Å². The van der Waals surface area contributed by atoms with Gasteiger partial charge in [0.25, 0.3) is 0 Å². The number of phenols is 2. The maximum absolute atomic E-state index is 10.3. The zero-order chi connectivity index (χ0) is 16.1. The van der Waals surface area contributed by atoms with Gasteiger partial charge in [0.2, 0.25) is 6.29 Å². The van der Waals surface area contributed by atoms with Gasteiger partial charge in [0.1, 0.15) is 11.5 Å². The van der Waals surface area contributed by atoms with Crippen molar-refractivity contribution in [2.75, 3.05) is 13.7 Å². The second-order valence-electron chi connectivity index (χ2n) is 5.76. The van der Waals surface area contributed by atoms with E-state index in [1.165, 1.54) is 7.11 Å². The molecule has 2 aliphatic rings. The highest BCUT2D eigenvalue weighted by Crippen LogP contribution is 2.54. The lowest BCUT2D eigenvalue weighted by molar-refractivity contribution is -0.0814. The van der Waals surface area contributed by atoms with E-state index < -0.39 is 6.29 Å². The van der Waals surface area contributed by atoms with E-state index >= 15 is 0 Å². The molecule has 0 radical (unpaired) electrons. The fourth-order valence-corrected chi connectivity index (χ4v) is 3.60. The molecule has 0 saturated carbocycles. The minimum atomic E-state index is -0.670. The Morgan fingerprint density at radius 1 is 1.13 bits per heavy atom. The van der Waals surface area contributed by atoms with E-state index in [4.69, 9.17) is 14.2 Å². The van der Waals surface area contributed by atoms with Crippen molar-refractivity contribution in [3.63, 3.8) is 0 Å². The van der Waals surface area contributed by atoms with Gasteiger partial charge in [-0.3, -0.25) is 0 Å². The molecule has 120 valence electrons. The average Bonchev–Trinajstić information content (AvgIpc) is 2.52. The van der Waals surface area contributed by atoms with Crippen LogP contribution in [0.15, 0.2) is 18.2 Å². The molecular weight excluding hydrogens is 296 g/mol. The first kappa shape index (κ1) is 14.2. The summed E-state index contributed by atoms with van der Waals surface area (Å²) in [6.45, 7) is 2.34. The maximum Gasteiger partial charge on any atom is 0.231 e. The number of phenolic OH excluding ortho intramolecular Hbond substituents is 2. The lowest BCUT2D eigenvalue weighted by Crippen LogP contribution is -2.22. The van der Waals surface area contributed by atoms with Gasteiger partial charge in [0, 0.05) is 23.8 Å². The van der Waals surface area contributed by atoms with Crippen molar-refractivity contribution in [3.8, 4) is 34.1 Å². The Bertz CT molecular complexity index is 797. The number of rotatable bonds is 3. The SMILES string of the molecule is CCOC1Oc2cc(O)cc3c2-c2c(cc(O)c(OC)c21)CC3. The van der Waals surface area contributed by atoms with Crippen molar-refractivity contribution in [2.24, 2.45) is 0 Å². The molecule has 0 fully saturated rings. The van der Waals surface area contributed by atoms with Crippen LogP contribution in [-0.4, -0.2) is 23.9 Å². The maximum atomic E-state index is 10.3. The first-order valence-corrected chi connectivity index (χ1v) is 7.71. The molecule has 23 heavy (non-hydrogen) atoms. The first-order chi connectivity index (χ1) is 11.1. The number of aromatic hydroxyl groups is 2. The van der Waals surface area contributed by atoms with Crippen LogP contribution in [0.25, 0.3) is 11.1 Å². The normalized spacial score (nSPS) is 17.4. The molecule has 0 saturated heterocycles. The van der Waals surface area contributed by atoms with Crippen LogP contribution in [0.3, 0.4) is 0 Å². The number of ether oxygens (including phenoxy) is 3. The molecule has 0 amide bonds.